The van der Waals surface area contributed by atoms with Gasteiger partial charge in [-0.15, -0.1) is 12.4 Å². The Hall–Kier alpha value is 1.49. The SMILES string of the molecule is Cl.[Cl][Zn][Cl]. The minimum absolute atomic E-state index is 0. The summed E-state index contributed by atoms with van der Waals surface area (Å²) >= 11 is -0.931. The quantitative estimate of drug-likeness (QED) is 0.489. The van der Waals surface area contributed by atoms with Crippen LogP contribution in [0.25, 0.3) is 0 Å². The zero-order valence-electron chi connectivity index (χ0n) is 1.87. The molecule has 0 aromatic heterocycles. The van der Waals surface area contributed by atoms with Crippen LogP contribution < -0.4 is 0 Å². The second-order valence-corrected chi connectivity index (χ2v) is 4.72. The molecule has 4 heavy (non-hydrogen) atoms. The zero-order chi connectivity index (χ0) is 2.71. The summed E-state index contributed by atoms with van der Waals surface area (Å²) in [6.07, 6.45) is 0. The maximum atomic E-state index is 4.95. The predicted molar refractivity (Wildman–Crippen MR) is 19.0 cm³/mol. The number of hydrogen-bond donors (Lipinski definition) is 0. The molecule has 0 N–H and O–H groups in total. The van der Waals surface area contributed by atoms with Crippen LogP contribution >= 0.6 is 31.8 Å². The summed E-state index contributed by atoms with van der Waals surface area (Å²) in [5.74, 6) is 0. The molecular formula is HCl3Zn. The van der Waals surface area contributed by atoms with E-state index in [9.17, 15) is 0 Å². The Bertz CT molecular complexity index is 3.25. The van der Waals surface area contributed by atoms with Gasteiger partial charge in [-0.25, -0.2) is 0 Å². The van der Waals surface area contributed by atoms with Crippen molar-refractivity contribution in [2.24, 2.45) is 0 Å². The molecule has 0 aromatic rings. The third-order valence-corrected chi connectivity index (χ3v) is 0. The van der Waals surface area contributed by atoms with Crippen molar-refractivity contribution in [1.29, 1.82) is 0 Å². The van der Waals surface area contributed by atoms with E-state index in [1.54, 1.807) is 0 Å². The molecule has 0 rings (SSSR count). The first-order valence-corrected chi connectivity index (χ1v) is 8.33. The van der Waals surface area contributed by atoms with Gasteiger partial charge in [-0.1, -0.05) is 0 Å². The van der Waals surface area contributed by atoms with E-state index in [1.165, 1.54) is 0 Å². The molecule has 0 aliphatic carbocycles. The summed E-state index contributed by atoms with van der Waals surface area (Å²) in [6, 6.07) is 0. The van der Waals surface area contributed by atoms with Gasteiger partial charge in [-0.2, -0.15) is 0 Å². The van der Waals surface area contributed by atoms with Gasteiger partial charge in [0.1, 0.15) is 0 Å². The molecule has 0 radical (unpaired) electrons. The van der Waals surface area contributed by atoms with Gasteiger partial charge in [-0.3, -0.25) is 0 Å². The molecule has 0 spiro atoms. The van der Waals surface area contributed by atoms with Gasteiger partial charge in [0.2, 0.25) is 0 Å². The molecule has 0 saturated carbocycles. The second-order valence-electron chi connectivity index (χ2n) is 0.101. The van der Waals surface area contributed by atoms with Crippen LogP contribution in [0.5, 0.6) is 0 Å². The van der Waals surface area contributed by atoms with E-state index in [2.05, 4.69) is 0 Å². The van der Waals surface area contributed by atoms with Gasteiger partial charge < -0.3 is 0 Å². The van der Waals surface area contributed by atoms with Crippen LogP contribution in [0.3, 0.4) is 0 Å². The van der Waals surface area contributed by atoms with E-state index in [0.29, 0.717) is 0 Å². The Morgan fingerprint density at radius 2 is 1.25 bits per heavy atom. The van der Waals surface area contributed by atoms with Crippen molar-refractivity contribution >= 4 is 31.8 Å². The third-order valence-electron chi connectivity index (χ3n) is 0. The normalized spacial score (nSPS) is 2.50. The Morgan fingerprint density at radius 1 is 1.25 bits per heavy atom. The average Bonchev–Trinajstić information content (AvgIpc) is 0.918. The molecule has 0 amide bonds. The Labute approximate surface area is 46.9 Å². The predicted octanol–water partition coefficient (Wildman–Crippen LogP) is 1.80. The van der Waals surface area contributed by atoms with Crippen molar-refractivity contribution in [2.45, 2.75) is 0 Å². The number of halogens is 3. The molecule has 4 heteroatoms. The Kier molecular flexibility index (Phi) is 20.0. The van der Waals surface area contributed by atoms with Gasteiger partial charge >= 0.3 is 34.5 Å². The van der Waals surface area contributed by atoms with Crippen molar-refractivity contribution in [2.75, 3.05) is 0 Å². The standard InChI is InChI=1S/3ClH.Zn/h3*1H;/q;;;+2/p-2. The molecule has 0 aliphatic heterocycles. The fourth-order valence-corrected chi connectivity index (χ4v) is 0. The van der Waals surface area contributed by atoms with Crippen molar-refractivity contribution in [3.8, 4) is 0 Å². The molecule has 0 unspecified atom stereocenters. The minimum atomic E-state index is -0.931. The van der Waals surface area contributed by atoms with Crippen molar-refractivity contribution in [1.82, 2.24) is 0 Å². The molecule has 0 saturated heterocycles. The van der Waals surface area contributed by atoms with Crippen molar-refractivity contribution < 1.29 is 15.1 Å². The number of hydrogen-bond acceptors (Lipinski definition) is 0. The monoisotopic (exact) mass is 170 g/mol. The fraction of sp³-hybridized carbons (Fsp3) is 0. The first-order valence-electron chi connectivity index (χ1n) is 0.535. The molecule has 0 bridgehead atoms. The van der Waals surface area contributed by atoms with Crippen LogP contribution in [0.4, 0.5) is 0 Å². The van der Waals surface area contributed by atoms with Gasteiger partial charge in [0.15, 0.2) is 0 Å². The summed E-state index contributed by atoms with van der Waals surface area (Å²) in [5.41, 5.74) is 0. The summed E-state index contributed by atoms with van der Waals surface area (Å²) < 4.78 is 0. The first kappa shape index (κ1) is 9.09. The maximum absolute atomic E-state index is 4.95. The molecule has 0 heterocycles. The summed E-state index contributed by atoms with van der Waals surface area (Å²) in [7, 11) is 9.90. The molecule has 0 fully saturated rings. The van der Waals surface area contributed by atoms with Crippen LogP contribution in [0.15, 0.2) is 0 Å². The summed E-state index contributed by atoms with van der Waals surface area (Å²) in [5, 5.41) is 0. The van der Waals surface area contributed by atoms with E-state index in [-0.39, 0.29) is 12.4 Å². The van der Waals surface area contributed by atoms with E-state index in [0.717, 1.165) is 0 Å². The van der Waals surface area contributed by atoms with Crippen molar-refractivity contribution in [3.63, 3.8) is 0 Å². The van der Waals surface area contributed by atoms with Crippen LogP contribution in [0.1, 0.15) is 0 Å². The van der Waals surface area contributed by atoms with Gasteiger partial charge in [0.05, 0.1) is 0 Å². The third kappa shape index (κ3) is 9.74. The van der Waals surface area contributed by atoms with Crippen molar-refractivity contribution in [3.05, 3.63) is 0 Å². The topological polar surface area (TPSA) is 0 Å². The average molecular weight is 173 g/mol. The second kappa shape index (κ2) is 8.82. The van der Waals surface area contributed by atoms with E-state index in [4.69, 9.17) is 19.4 Å². The Morgan fingerprint density at radius 3 is 1.25 bits per heavy atom. The van der Waals surface area contributed by atoms with Gasteiger partial charge in [0, 0.05) is 0 Å². The van der Waals surface area contributed by atoms with Crippen LogP contribution in [0, 0.1) is 0 Å². The fourth-order valence-electron chi connectivity index (χ4n) is 0. The van der Waals surface area contributed by atoms with Gasteiger partial charge in [0.25, 0.3) is 0 Å². The van der Waals surface area contributed by atoms with E-state index in [1.807, 2.05) is 0 Å². The summed E-state index contributed by atoms with van der Waals surface area (Å²) in [4.78, 5) is 0. The van der Waals surface area contributed by atoms with Crippen LogP contribution in [0.2, 0.25) is 0 Å². The molecule has 0 atom stereocenters. The number of rotatable bonds is 0. The summed E-state index contributed by atoms with van der Waals surface area (Å²) in [6.45, 7) is 0. The van der Waals surface area contributed by atoms with E-state index >= 15 is 0 Å². The molecule has 0 aromatic carbocycles. The molecule has 24 valence electrons. The Balaban J connectivity index is 0. The molecular weight excluding hydrogens is 172 g/mol. The zero-order valence-corrected chi connectivity index (χ0v) is 7.17. The molecule has 0 aliphatic rings. The van der Waals surface area contributed by atoms with E-state index < -0.39 is 15.1 Å². The van der Waals surface area contributed by atoms with Crippen LogP contribution in [-0.4, -0.2) is 0 Å². The van der Waals surface area contributed by atoms with Crippen LogP contribution in [-0.2, 0) is 15.1 Å². The van der Waals surface area contributed by atoms with Gasteiger partial charge in [-0.05, 0) is 0 Å². The first-order chi connectivity index (χ1) is 1.41. The molecule has 0 nitrogen and oxygen atoms in total.